The van der Waals surface area contributed by atoms with Crippen LogP contribution >= 0.6 is 0 Å². The molecule has 0 radical (unpaired) electrons. The molecule has 1 aromatic heterocycles. The summed E-state index contributed by atoms with van der Waals surface area (Å²) in [6.07, 6.45) is 3.95. The molecule has 0 spiro atoms. The van der Waals surface area contributed by atoms with Gasteiger partial charge in [0.2, 0.25) is 0 Å². The third-order valence-corrected chi connectivity index (χ3v) is 2.95. The minimum atomic E-state index is -0.312. The second-order valence-electron chi connectivity index (χ2n) is 5.64. The van der Waals surface area contributed by atoms with Crippen LogP contribution < -0.4 is 0 Å². The van der Waals surface area contributed by atoms with E-state index in [1.165, 1.54) is 0 Å². The molecule has 84 valence electrons. The second-order valence-corrected chi connectivity index (χ2v) is 5.64. The normalized spacial score (nSPS) is 19.3. The molecule has 1 saturated carbocycles. The Kier molecular flexibility index (Phi) is 2.38. The van der Waals surface area contributed by atoms with Gasteiger partial charge in [-0.1, -0.05) is 20.8 Å². The molecule has 15 heavy (non-hydrogen) atoms. The van der Waals surface area contributed by atoms with Gasteiger partial charge >= 0.3 is 0 Å². The quantitative estimate of drug-likeness (QED) is 0.808. The summed E-state index contributed by atoms with van der Waals surface area (Å²) < 4.78 is 1.81. The van der Waals surface area contributed by atoms with Crippen LogP contribution in [0.25, 0.3) is 0 Å². The van der Waals surface area contributed by atoms with Crippen molar-refractivity contribution in [3.8, 4) is 0 Å². The predicted molar refractivity (Wildman–Crippen MR) is 59.6 cm³/mol. The molecule has 1 unspecified atom stereocenters. The third kappa shape index (κ3) is 2.07. The van der Waals surface area contributed by atoms with Gasteiger partial charge in [0, 0.05) is 24.2 Å². The Morgan fingerprint density at radius 1 is 1.47 bits per heavy atom. The van der Waals surface area contributed by atoms with Gasteiger partial charge < -0.3 is 5.11 Å². The van der Waals surface area contributed by atoms with Crippen LogP contribution in [-0.4, -0.2) is 14.9 Å². The predicted octanol–water partition coefficient (Wildman–Crippen LogP) is 2.16. The Labute approximate surface area is 91.1 Å². The molecule has 1 heterocycles. The smallest absolute Gasteiger partial charge is 0.0851 e. The van der Waals surface area contributed by atoms with Crippen molar-refractivity contribution in [2.75, 3.05) is 0 Å². The molecule has 0 amide bonds. The van der Waals surface area contributed by atoms with E-state index in [1.54, 1.807) is 0 Å². The summed E-state index contributed by atoms with van der Waals surface area (Å²) in [7, 11) is 1.92. The molecule has 3 heteroatoms. The second kappa shape index (κ2) is 3.34. The number of aliphatic hydroxyl groups is 1. The highest BCUT2D eigenvalue weighted by atomic mass is 16.3. The Morgan fingerprint density at radius 2 is 2.07 bits per heavy atom. The lowest BCUT2D eigenvalue weighted by Crippen LogP contribution is -2.16. The molecule has 0 bridgehead atoms. The lowest BCUT2D eigenvalue weighted by Gasteiger charge is -2.19. The van der Waals surface area contributed by atoms with Gasteiger partial charge in [0.05, 0.1) is 11.8 Å². The lowest BCUT2D eigenvalue weighted by atomic mass is 9.87. The molecule has 1 aliphatic rings. The van der Waals surface area contributed by atoms with Gasteiger partial charge in [-0.15, -0.1) is 0 Å². The van der Waals surface area contributed by atoms with Gasteiger partial charge in [0.1, 0.15) is 0 Å². The molecule has 1 fully saturated rings. The average Bonchev–Trinajstić information content (AvgIpc) is 2.86. The summed E-state index contributed by atoms with van der Waals surface area (Å²) in [5.41, 5.74) is 2.06. The zero-order chi connectivity index (χ0) is 11.2. The number of aryl methyl sites for hydroxylation is 1. The summed E-state index contributed by atoms with van der Waals surface area (Å²) in [6, 6.07) is 0. The number of aliphatic hydroxyl groups excluding tert-OH is 1. The van der Waals surface area contributed by atoms with Crippen LogP contribution in [-0.2, 0) is 12.5 Å². The maximum absolute atomic E-state index is 10.2. The first-order valence-corrected chi connectivity index (χ1v) is 5.61. The average molecular weight is 208 g/mol. The standard InChI is InChI=1S/C12H20N2O/c1-12(2,3)11-9(7-14(4)13-11)10(15)8-5-6-8/h7-8,10,15H,5-6H2,1-4H3. The first-order chi connectivity index (χ1) is 6.89. The van der Waals surface area contributed by atoms with E-state index >= 15 is 0 Å². The third-order valence-electron chi connectivity index (χ3n) is 2.95. The van der Waals surface area contributed by atoms with Gasteiger partial charge in [-0.05, 0) is 18.8 Å². The van der Waals surface area contributed by atoms with Crippen molar-refractivity contribution in [2.24, 2.45) is 13.0 Å². The summed E-state index contributed by atoms with van der Waals surface area (Å²) in [5.74, 6) is 0.468. The minimum absolute atomic E-state index is 0.00641. The van der Waals surface area contributed by atoms with Crippen molar-refractivity contribution >= 4 is 0 Å². The van der Waals surface area contributed by atoms with E-state index in [2.05, 4.69) is 25.9 Å². The number of aromatic nitrogens is 2. The molecule has 1 atom stereocenters. The van der Waals surface area contributed by atoms with Crippen LogP contribution in [0.15, 0.2) is 6.20 Å². The van der Waals surface area contributed by atoms with Crippen LogP contribution in [0.5, 0.6) is 0 Å². The van der Waals surface area contributed by atoms with Gasteiger partial charge in [-0.2, -0.15) is 5.10 Å². The maximum Gasteiger partial charge on any atom is 0.0851 e. The maximum atomic E-state index is 10.2. The van der Waals surface area contributed by atoms with E-state index in [4.69, 9.17) is 0 Å². The van der Waals surface area contributed by atoms with Crippen molar-refractivity contribution in [1.82, 2.24) is 9.78 Å². The van der Waals surface area contributed by atoms with Crippen LogP contribution in [0.2, 0.25) is 0 Å². The lowest BCUT2D eigenvalue weighted by molar-refractivity contribution is 0.151. The SMILES string of the molecule is Cn1cc(C(O)C2CC2)c(C(C)(C)C)n1. The Bertz CT molecular complexity index is 358. The van der Waals surface area contributed by atoms with Crippen molar-refractivity contribution in [3.05, 3.63) is 17.5 Å². The number of rotatable bonds is 2. The van der Waals surface area contributed by atoms with Crippen molar-refractivity contribution in [2.45, 2.75) is 45.1 Å². The molecular formula is C12H20N2O. The Balaban J connectivity index is 2.36. The summed E-state index contributed by atoms with van der Waals surface area (Å²) in [5, 5.41) is 14.6. The molecule has 0 aliphatic heterocycles. The summed E-state index contributed by atoms with van der Waals surface area (Å²) in [6.45, 7) is 6.41. The van der Waals surface area contributed by atoms with Crippen molar-refractivity contribution < 1.29 is 5.11 Å². The van der Waals surface area contributed by atoms with E-state index in [0.29, 0.717) is 5.92 Å². The molecule has 2 rings (SSSR count). The fourth-order valence-electron chi connectivity index (χ4n) is 1.97. The highest BCUT2D eigenvalue weighted by Crippen LogP contribution is 2.43. The Hall–Kier alpha value is -0.830. The highest BCUT2D eigenvalue weighted by molar-refractivity contribution is 5.27. The molecular weight excluding hydrogens is 188 g/mol. The zero-order valence-electron chi connectivity index (χ0n) is 9.99. The van der Waals surface area contributed by atoms with E-state index in [1.807, 2.05) is 17.9 Å². The van der Waals surface area contributed by atoms with Crippen molar-refractivity contribution in [1.29, 1.82) is 0 Å². The van der Waals surface area contributed by atoms with Gasteiger partial charge in [0.25, 0.3) is 0 Å². The van der Waals surface area contributed by atoms with Crippen LogP contribution in [0, 0.1) is 5.92 Å². The molecule has 0 aromatic carbocycles. The fourth-order valence-corrected chi connectivity index (χ4v) is 1.97. The topological polar surface area (TPSA) is 38.0 Å². The monoisotopic (exact) mass is 208 g/mol. The van der Waals surface area contributed by atoms with Crippen LogP contribution in [0.4, 0.5) is 0 Å². The molecule has 1 aliphatic carbocycles. The first-order valence-electron chi connectivity index (χ1n) is 5.61. The van der Waals surface area contributed by atoms with Gasteiger partial charge in [0.15, 0.2) is 0 Å². The van der Waals surface area contributed by atoms with E-state index < -0.39 is 0 Å². The number of hydrogen-bond acceptors (Lipinski definition) is 2. The summed E-state index contributed by atoms with van der Waals surface area (Å²) >= 11 is 0. The minimum Gasteiger partial charge on any atom is -0.388 e. The van der Waals surface area contributed by atoms with E-state index in [9.17, 15) is 5.11 Å². The summed E-state index contributed by atoms with van der Waals surface area (Å²) in [4.78, 5) is 0. The van der Waals surface area contributed by atoms with Crippen molar-refractivity contribution in [3.63, 3.8) is 0 Å². The van der Waals surface area contributed by atoms with Gasteiger partial charge in [-0.25, -0.2) is 0 Å². The van der Waals surface area contributed by atoms with Crippen LogP contribution in [0.3, 0.4) is 0 Å². The molecule has 1 N–H and O–H groups in total. The zero-order valence-corrected chi connectivity index (χ0v) is 9.99. The Morgan fingerprint density at radius 3 is 2.53 bits per heavy atom. The van der Waals surface area contributed by atoms with Gasteiger partial charge in [-0.3, -0.25) is 4.68 Å². The molecule has 1 aromatic rings. The van der Waals surface area contributed by atoms with E-state index in [-0.39, 0.29) is 11.5 Å². The number of nitrogens with zero attached hydrogens (tertiary/aromatic N) is 2. The molecule has 3 nitrogen and oxygen atoms in total. The molecule has 0 saturated heterocycles. The van der Waals surface area contributed by atoms with Crippen LogP contribution in [0.1, 0.15) is 51.0 Å². The largest absolute Gasteiger partial charge is 0.388 e. The first kappa shape index (κ1) is 10.7. The fraction of sp³-hybridized carbons (Fsp3) is 0.750. The number of hydrogen-bond donors (Lipinski definition) is 1. The highest BCUT2D eigenvalue weighted by Gasteiger charge is 2.35. The van der Waals surface area contributed by atoms with E-state index in [0.717, 1.165) is 24.1 Å².